The van der Waals surface area contributed by atoms with Crippen LogP contribution < -0.4 is 0 Å². The van der Waals surface area contributed by atoms with Gasteiger partial charge in [-0.3, -0.25) is 4.79 Å². The van der Waals surface area contributed by atoms with E-state index in [1.165, 1.54) is 0 Å². The van der Waals surface area contributed by atoms with Gasteiger partial charge < -0.3 is 0 Å². The van der Waals surface area contributed by atoms with Crippen molar-refractivity contribution < 1.29 is 4.79 Å². The molecule has 1 unspecified atom stereocenters. The molecule has 2 aliphatic rings. The van der Waals surface area contributed by atoms with Crippen molar-refractivity contribution >= 4 is 5.78 Å². The lowest BCUT2D eigenvalue weighted by atomic mass is 9.91. The second kappa shape index (κ2) is 4.43. The van der Waals surface area contributed by atoms with E-state index in [0.717, 1.165) is 30.4 Å². The topological polar surface area (TPSA) is 17.1 Å². The summed E-state index contributed by atoms with van der Waals surface area (Å²) in [4.78, 5) is 12.1. The maximum Gasteiger partial charge on any atom is 0.192 e. The van der Waals surface area contributed by atoms with Crippen molar-refractivity contribution in [3.05, 3.63) is 47.6 Å². The third kappa shape index (κ3) is 2.35. The minimum atomic E-state index is 0.175. The normalized spacial score (nSPS) is 24.7. The average molecular weight is 200 g/mol. The predicted molar refractivity (Wildman–Crippen MR) is 62.5 cm³/mol. The van der Waals surface area contributed by atoms with E-state index >= 15 is 0 Å². The highest BCUT2D eigenvalue weighted by molar-refractivity contribution is 6.12. The second-order valence-electron chi connectivity index (χ2n) is 4.21. The molecule has 15 heavy (non-hydrogen) atoms. The first kappa shape index (κ1) is 10.2. The number of allylic oxidation sites excluding steroid dienone is 8. The van der Waals surface area contributed by atoms with Gasteiger partial charge in [-0.2, -0.15) is 0 Å². The molecule has 0 N–H and O–H groups in total. The van der Waals surface area contributed by atoms with E-state index in [-0.39, 0.29) is 5.78 Å². The Bertz CT molecular complexity index is 380. The van der Waals surface area contributed by atoms with E-state index in [4.69, 9.17) is 0 Å². The zero-order valence-electron chi connectivity index (χ0n) is 9.07. The molecule has 0 heterocycles. The smallest absolute Gasteiger partial charge is 0.192 e. The Morgan fingerprint density at radius 3 is 2.67 bits per heavy atom. The molecule has 2 rings (SSSR count). The summed E-state index contributed by atoms with van der Waals surface area (Å²) in [6.07, 6.45) is 15.3. The number of ketones is 1. The lowest BCUT2D eigenvalue weighted by molar-refractivity contribution is -0.111. The number of hydrogen-bond donors (Lipinski definition) is 0. The Morgan fingerprint density at radius 1 is 1.20 bits per heavy atom. The summed E-state index contributed by atoms with van der Waals surface area (Å²) in [6.45, 7) is 2.14. The summed E-state index contributed by atoms with van der Waals surface area (Å²) >= 11 is 0. The van der Waals surface area contributed by atoms with E-state index < -0.39 is 0 Å². The molecule has 78 valence electrons. The van der Waals surface area contributed by atoms with Gasteiger partial charge in [-0.25, -0.2) is 0 Å². The lowest BCUT2D eigenvalue weighted by Crippen LogP contribution is -2.08. The average Bonchev–Trinajstić information content (AvgIpc) is 2.29. The molecule has 2 aliphatic carbocycles. The number of rotatable bonds is 2. The molecule has 1 nitrogen and oxygen atoms in total. The van der Waals surface area contributed by atoms with Crippen molar-refractivity contribution in [1.82, 2.24) is 0 Å². The number of carbonyl (C=O) groups is 1. The van der Waals surface area contributed by atoms with Crippen LogP contribution >= 0.6 is 0 Å². The first-order chi connectivity index (χ1) is 7.27. The fraction of sp³-hybridized carbons (Fsp3) is 0.357. The van der Waals surface area contributed by atoms with Gasteiger partial charge in [0, 0.05) is 11.1 Å². The Balaban J connectivity index is 2.17. The largest absolute Gasteiger partial charge is 0.289 e. The van der Waals surface area contributed by atoms with Crippen LogP contribution in [0, 0.1) is 5.92 Å². The highest BCUT2D eigenvalue weighted by atomic mass is 16.1. The molecule has 0 aromatic carbocycles. The molecule has 0 aliphatic heterocycles. The SMILES string of the molecule is CC1C=C(C(=O)C2=CCCC=C2)C=CC1. The Hall–Kier alpha value is -1.37. The highest BCUT2D eigenvalue weighted by Gasteiger charge is 2.15. The molecule has 1 atom stereocenters. The van der Waals surface area contributed by atoms with Crippen LogP contribution in [0.3, 0.4) is 0 Å². The van der Waals surface area contributed by atoms with Crippen LogP contribution in [0.5, 0.6) is 0 Å². The summed E-state index contributed by atoms with van der Waals surface area (Å²) in [5.74, 6) is 0.663. The monoisotopic (exact) mass is 200 g/mol. The molecule has 0 amide bonds. The first-order valence-electron chi connectivity index (χ1n) is 5.57. The zero-order valence-corrected chi connectivity index (χ0v) is 9.07. The predicted octanol–water partition coefficient (Wildman–Crippen LogP) is 3.35. The Morgan fingerprint density at radius 2 is 2.00 bits per heavy atom. The molecule has 0 saturated heterocycles. The molecule has 1 heteroatoms. The second-order valence-corrected chi connectivity index (χ2v) is 4.21. The molecule has 0 fully saturated rings. The summed E-state index contributed by atoms with van der Waals surface area (Å²) in [5.41, 5.74) is 1.71. The first-order valence-corrected chi connectivity index (χ1v) is 5.57. The Kier molecular flexibility index (Phi) is 3.00. The summed E-state index contributed by atoms with van der Waals surface area (Å²) in [5, 5.41) is 0. The highest BCUT2D eigenvalue weighted by Crippen LogP contribution is 2.21. The van der Waals surface area contributed by atoms with E-state index in [1.54, 1.807) is 0 Å². The van der Waals surface area contributed by atoms with Crippen molar-refractivity contribution in [2.75, 3.05) is 0 Å². The van der Waals surface area contributed by atoms with Gasteiger partial charge in [0.2, 0.25) is 0 Å². The molecule has 0 bridgehead atoms. The quantitative estimate of drug-likeness (QED) is 0.668. The van der Waals surface area contributed by atoms with Crippen molar-refractivity contribution in [3.63, 3.8) is 0 Å². The molecular weight excluding hydrogens is 184 g/mol. The number of hydrogen-bond acceptors (Lipinski definition) is 1. The fourth-order valence-corrected chi connectivity index (χ4v) is 1.94. The minimum Gasteiger partial charge on any atom is -0.289 e. The molecular formula is C14H16O. The lowest BCUT2D eigenvalue weighted by Gasteiger charge is -2.12. The van der Waals surface area contributed by atoms with Gasteiger partial charge in [0.15, 0.2) is 5.78 Å². The van der Waals surface area contributed by atoms with E-state index in [2.05, 4.69) is 25.2 Å². The van der Waals surface area contributed by atoms with Gasteiger partial charge in [0.05, 0.1) is 0 Å². The minimum absolute atomic E-state index is 0.175. The standard InChI is InChI=1S/C14H16O/c1-11-6-5-9-13(10-11)14(15)12-7-3-2-4-8-12/h3,5,7-11H,2,4,6H2,1H3. The van der Waals surface area contributed by atoms with Crippen LogP contribution in [0.4, 0.5) is 0 Å². The van der Waals surface area contributed by atoms with Gasteiger partial charge in [-0.05, 0) is 25.2 Å². The van der Waals surface area contributed by atoms with Gasteiger partial charge >= 0.3 is 0 Å². The summed E-state index contributed by atoms with van der Waals surface area (Å²) in [7, 11) is 0. The van der Waals surface area contributed by atoms with Crippen LogP contribution in [0.15, 0.2) is 47.6 Å². The van der Waals surface area contributed by atoms with Crippen molar-refractivity contribution in [1.29, 1.82) is 0 Å². The van der Waals surface area contributed by atoms with Crippen molar-refractivity contribution in [2.45, 2.75) is 26.2 Å². The van der Waals surface area contributed by atoms with Crippen LogP contribution in [0.25, 0.3) is 0 Å². The van der Waals surface area contributed by atoms with Crippen LogP contribution in [-0.2, 0) is 4.79 Å². The van der Waals surface area contributed by atoms with Crippen molar-refractivity contribution in [3.8, 4) is 0 Å². The van der Waals surface area contributed by atoms with E-state index in [0.29, 0.717) is 5.92 Å². The Labute approximate surface area is 90.9 Å². The molecule has 0 spiro atoms. The third-order valence-corrected chi connectivity index (χ3v) is 2.79. The molecule has 0 radical (unpaired) electrons. The summed E-state index contributed by atoms with van der Waals surface area (Å²) in [6, 6.07) is 0. The van der Waals surface area contributed by atoms with Crippen LogP contribution in [0.2, 0.25) is 0 Å². The van der Waals surface area contributed by atoms with Gasteiger partial charge in [-0.1, -0.05) is 43.4 Å². The fourth-order valence-electron chi connectivity index (χ4n) is 1.94. The summed E-state index contributed by atoms with van der Waals surface area (Å²) < 4.78 is 0. The number of Topliss-reactive ketones (excluding diaryl/α,β-unsaturated/α-hetero) is 1. The maximum absolute atomic E-state index is 12.1. The molecule has 0 saturated carbocycles. The maximum atomic E-state index is 12.1. The molecule has 0 aromatic heterocycles. The van der Waals surface area contributed by atoms with E-state index in [9.17, 15) is 4.79 Å². The van der Waals surface area contributed by atoms with Gasteiger partial charge in [-0.15, -0.1) is 0 Å². The van der Waals surface area contributed by atoms with Gasteiger partial charge in [0.25, 0.3) is 0 Å². The van der Waals surface area contributed by atoms with Crippen LogP contribution in [0.1, 0.15) is 26.2 Å². The third-order valence-electron chi connectivity index (χ3n) is 2.79. The number of carbonyl (C=O) groups excluding carboxylic acids is 1. The van der Waals surface area contributed by atoms with Crippen molar-refractivity contribution in [2.24, 2.45) is 5.92 Å². The molecule has 0 aromatic rings. The van der Waals surface area contributed by atoms with Crippen LogP contribution in [-0.4, -0.2) is 5.78 Å². The van der Waals surface area contributed by atoms with E-state index in [1.807, 2.05) is 18.2 Å². The van der Waals surface area contributed by atoms with Gasteiger partial charge in [0.1, 0.15) is 0 Å². The zero-order chi connectivity index (χ0) is 10.7.